The minimum absolute atomic E-state index is 0.0102. The van der Waals surface area contributed by atoms with Crippen molar-refractivity contribution in [2.75, 3.05) is 31.9 Å². The van der Waals surface area contributed by atoms with Crippen LogP contribution in [0.4, 0.5) is 5.69 Å². The maximum absolute atomic E-state index is 12.3. The van der Waals surface area contributed by atoms with E-state index < -0.39 is 0 Å². The third kappa shape index (κ3) is 2.18. The zero-order chi connectivity index (χ0) is 12.5. The number of anilines is 1. The van der Waals surface area contributed by atoms with Crippen LogP contribution in [-0.4, -0.2) is 52.9 Å². The predicted molar refractivity (Wildman–Crippen MR) is 69.1 cm³/mol. The van der Waals surface area contributed by atoms with Gasteiger partial charge in [0.25, 0.3) is 5.91 Å². The molecule has 2 aliphatic rings. The molecule has 1 saturated heterocycles. The minimum Gasteiger partial charge on any atom is -0.398 e. The molecule has 1 aromatic rings. The van der Waals surface area contributed by atoms with Crippen molar-refractivity contribution >= 4 is 11.6 Å². The van der Waals surface area contributed by atoms with Gasteiger partial charge in [-0.25, -0.2) is 0 Å². The Bertz CT molecular complexity index is 450. The summed E-state index contributed by atoms with van der Waals surface area (Å²) in [5, 5.41) is 0. The topological polar surface area (TPSA) is 62.5 Å². The van der Waals surface area contributed by atoms with Crippen molar-refractivity contribution in [3.8, 4) is 0 Å². The van der Waals surface area contributed by atoms with Gasteiger partial charge in [-0.05, 0) is 18.9 Å². The summed E-state index contributed by atoms with van der Waals surface area (Å²) in [5.41, 5.74) is 6.85. The zero-order valence-electron chi connectivity index (χ0n) is 10.4. The molecule has 2 fully saturated rings. The lowest BCUT2D eigenvalue weighted by molar-refractivity contribution is 0.0628. The Labute approximate surface area is 107 Å². The highest BCUT2D eigenvalue weighted by Crippen LogP contribution is 2.27. The highest BCUT2D eigenvalue weighted by Gasteiger charge is 2.32. The van der Waals surface area contributed by atoms with Crippen molar-refractivity contribution in [3.05, 3.63) is 24.0 Å². The molecule has 0 aromatic carbocycles. The standard InChI is InChI=1S/C13H18N4O/c14-12-3-4-15-9-11(12)13(18)17-7-5-16(6-8-17)10-1-2-10/h3-4,9-10H,1-2,5-8H2,(H2,14,15). The molecule has 18 heavy (non-hydrogen) atoms. The smallest absolute Gasteiger partial charge is 0.257 e. The first kappa shape index (κ1) is 11.5. The molecule has 1 saturated carbocycles. The van der Waals surface area contributed by atoms with E-state index in [1.807, 2.05) is 4.90 Å². The van der Waals surface area contributed by atoms with Gasteiger partial charge in [0.2, 0.25) is 0 Å². The van der Waals surface area contributed by atoms with Crippen molar-refractivity contribution in [1.82, 2.24) is 14.8 Å². The number of nitrogens with zero attached hydrogens (tertiary/aromatic N) is 3. The van der Waals surface area contributed by atoms with Crippen LogP contribution in [-0.2, 0) is 0 Å². The van der Waals surface area contributed by atoms with Crippen molar-refractivity contribution < 1.29 is 4.79 Å². The van der Waals surface area contributed by atoms with E-state index in [0.717, 1.165) is 32.2 Å². The van der Waals surface area contributed by atoms with Crippen molar-refractivity contribution in [1.29, 1.82) is 0 Å². The quantitative estimate of drug-likeness (QED) is 0.829. The normalized spacial score (nSPS) is 21.0. The molecule has 5 nitrogen and oxygen atoms in total. The first-order valence-corrected chi connectivity index (χ1v) is 6.48. The van der Waals surface area contributed by atoms with Gasteiger partial charge in [0.1, 0.15) is 0 Å². The predicted octanol–water partition coefficient (Wildman–Crippen LogP) is 0.584. The van der Waals surface area contributed by atoms with E-state index in [2.05, 4.69) is 9.88 Å². The molecule has 0 unspecified atom stereocenters. The molecule has 1 amide bonds. The highest BCUT2D eigenvalue weighted by atomic mass is 16.2. The molecule has 0 spiro atoms. The molecule has 0 bridgehead atoms. The third-order valence-electron chi connectivity index (χ3n) is 3.75. The number of hydrogen-bond acceptors (Lipinski definition) is 4. The van der Waals surface area contributed by atoms with E-state index in [0.29, 0.717) is 11.3 Å². The second kappa shape index (κ2) is 4.57. The van der Waals surface area contributed by atoms with E-state index in [4.69, 9.17) is 5.73 Å². The van der Waals surface area contributed by atoms with Gasteiger partial charge in [0.15, 0.2) is 0 Å². The minimum atomic E-state index is 0.0102. The van der Waals surface area contributed by atoms with Gasteiger partial charge in [-0.3, -0.25) is 14.7 Å². The Balaban J connectivity index is 1.65. The molecule has 1 aliphatic carbocycles. The number of hydrogen-bond donors (Lipinski definition) is 1. The summed E-state index contributed by atoms with van der Waals surface area (Å²) in [5.74, 6) is 0.0102. The molecule has 1 aliphatic heterocycles. The third-order valence-corrected chi connectivity index (χ3v) is 3.75. The van der Waals surface area contributed by atoms with Gasteiger partial charge in [-0.15, -0.1) is 0 Å². The molecule has 96 valence electrons. The molecular weight excluding hydrogens is 228 g/mol. The number of nitrogens with two attached hydrogens (primary N) is 1. The van der Waals surface area contributed by atoms with Gasteiger partial charge in [-0.2, -0.15) is 0 Å². The first-order valence-electron chi connectivity index (χ1n) is 6.48. The van der Waals surface area contributed by atoms with Gasteiger partial charge >= 0.3 is 0 Å². The molecule has 5 heteroatoms. The first-order chi connectivity index (χ1) is 8.75. The number of nitrogen functional groups attached to an aromatic ring is 1. The molecular formula is C13H18N4O. The second-order valence-electron chi connectivity index (χ2n) is 5.02. The molecule has 3 rings (SSSR count). The number of carbonyl (C=O) groups excluding carboxylic acids is 1. The van der Waals surface area contributed by atoms with Crippen LogP contribution in [0.5, 0.6) is 0 Å². The number of rotatable bonds is 2. The van der Waals surface area contributed by atoms with Crippen molar-refractivity contribution in [2.24, 2.45) is 0 Å². The van der Waals surface area contributed by atoms with E-state index in [9.17, 15) is 4.79 Å². The van der Waals surface area contributed by atoms with Crippen molar-refractivity contribution in [3.63, 3.8) is 0 Å². The fourth-order valence-electron chi connectivity index (χ4n) is 2.48. The lowest BCUT2D eigenvalue weighted by Gasteiger charge is -2.34. The van der Waals surface area contributed by atoms with E-state index in [-0.39, 0.29) is 5.91 Å². The molecule has 0 atom stereocenters. The highest BCUT2D eigenvalue weighted by molar-refractivity contribution is 5.98. The lowest BCUT2D eigenvalue weighted by Crippen LogP contribution is -2.49. The van der Waals surface area contributed by atoms with Crippen LogP contribution in [0, 0.1) is 0 Å². The fraction of sp³-hybridized carbons (Fsp3) is 0.538. The van der Waals surface area contributed by atoms with Crippen LogP contribution < -0.4 is 5.73 Å². The van der Waals surface area contributed by atoms with Crippen LogP contribution in [0.15, 0.2) is 18.5 Å². The largest absolute Gasteiger partial charge is 0.398 e. The van der Waals surface area contributed by atoms with Gasteiger partial charge in [-0.1, -0.05) is 0 Å². The average Bonchev–Trinajstić information content (AvgIpc) is 3.23. The Kier molecular flexibility index (Phi) is 2.91. The summed E-state index contributed by atoms with van der Waals surface area (Å²) in [6.07, 6.45) is 5.81. The van der Waals surface area contributed by atoms with Crippen molar-refractivity contribution in [2.45, 2.75) is 18.9 Å². The number of amides is 1. The van der Waals surface area contributed by atoms with Crippen LogP contribution in [0.25, 0.3) is 0 Å². The molecule has 2 N–H and O–H groups in total. The van der Waals surface area contributed by atoms with Crippen LogP contribution in [0.1, 0.15) is 23.2 Å². The lowest BCUT2D eigenvalue weighted by atomic mass is 10.2. The monoisotopic (exact) mass is 246 g/mol. The van der Waals surface area contributed by atoms with Crippen LogP contribution in [0.3, 0.4) is 0 Å². The SMILES string of the molecule is Nc1ccncc1C(=O)N1CCN(C2CC2)CC1. The summed E-state index contributed by atoms with van der Waals surface area (Å²) in [6.45, 7) is 3.56. The van der Waals surface area contributed by atoms with E-state index >= 15 is 0 Å². The Morgan fingerprint density at radius 1 is 1.28 bits per heavy atom. The Morgan fingerprint density at radius 2 is 2.00 bits per heavy atom. The maximum Gasteiger partial charge on any atom is 0.257 e. The summed E-state index contributed by atoms with van der Waals surface area (Å²) in [6, 6.07) is 2.46. The van der Waals surface area contributed by atoms with Crippen LogP contribution >= 0.6 is 0 Å². The van der Waals surface area contributed by atoms with E-state index in [1.54, 1.807) is 18.5 Å². The number of carbonyl (C=O) groups is 1. The maximum atomic E-state index is 12.3. The van der Waals surface area contributed by atoms with E-state index in [1.165, 1.54) is 12.8 Å². The van der Waals surface area contributed by atoms with Gasteiger partial charge in [0, 0.05) is 50.3 Å². The van der Waals surface area contributed by atoms with Gasteiger partial charge < -0.3 is 10.6 Å². The molecule has 0 radical (unpaired) electrons. The second-order valence-corrected chi connectivity index (χ2v) is 5.02. The number of pyridine rings is 1. The summed E-state index contributed by atoms with van der Waals surface area (Å²) >= 11 is 0. The molecule has 1 aromatic heterocycles. The zero-order valence-corrected chi connectivity index (χ0v) is 10.4. The fourth-order valence-corrected chi connectivity index (χ4v) is 2.48. The molecule has 2 heterocycles. The summed E-state index contributed by atoms with van der Waals surface area (Å²) in [4.78, 5) is 20.6. The Morgan fingerprint density at radius 3 is 2.61 bits per heavy atom. The van der Waals surface area contributed by atoms with Gasteiger partial charge in [0.05, 0.1) is 5.56 Å². The van der Waals surface area contributed by atoms with Crippen LogP contribution in [0.2, 0.25) is 0 Å². The summed E-state index contributed by atoms with van der Waals surface area (Å²) in [7, 11) is 0. The summed E-state index contributed by atoms with van der Waals surface area (Å²) < 4.78 is 0. The average molecular weight is 246 g/mol. The number of aromatic nitrogens is 1. The number of piperazine rings is 1. The Hall–Kier alpha value is -1.62.